The summed E-state index contributed by atoms with van der Waals surface area (Å²) in [5, 5.41) is 6.54. The number of rotatable bonds is 6. The van der Waals surface area contributed by atoms with Gasteiger partial charge in [0.25, 0.3) is 0 Å². The first kappa shape index (κ1) is 12.3. The zero-order valence-corrected chi connectivity index (χ0v) is 11.2. The van der Waals surface area contributed by atoms with E-state index in [1.165, 1.54) is 18.4 Å². The van der Waals surface area contributed by atoms with Gasteiger partial charge in [-0.05, 0) is 25.1 Å². The van der Waals surface area contributed by atoms with E-state index in [4.69, 9.17) is 0 Å². The van der Waals surface area contributed by atoms with Crippen LogP contribution in [0.15, 0.2) is 30.0 Å². The Labute approximate surface area is 107 Å². The number of nitrogens with zero attached hydrogens (tertiary/aromatic N) is 2. The zero-order valence-electron chi connectivity index (χ0n) is 10.4. The first-order chi connectivity index (χ1) is 8.33. The largest absolute Gasteiger partial charge is 0.347 e. The Balaban J connectivity index is 2.04. The van der Waals surface area contributed by atoms with Crippen LogP contribution in [0, 0.1) is 0 Å². The summed E-state index contributed by atoms with van der Waals surface area (Å²) in [5.74, 6) is 0. The highest BCUT2D eigenvalue weighted by molar-refractivity contribution is 7.09. The molecule has 1 N–H and O–H groups in total. The Morgan fingerprint density at radius 3 is 3.06 bits per heavy atom. The maximum absolute atomic E-state index is 4.30. The van der Waals surface area contributed by atoms with Crippen molar-refractivity contribution in [1.29, 1.82) is 0 Å². The fourth-order valence-corrected chi connectivity index (χ4v) is 2.64. The van der Waals surface area contributed by atoms with Gasteiger partial charge in [-0.2, -0.15) is 0 Å². The third-order valence-corrected chi connectivity index (χ3v) is 3.67. The lowest BCUT2D eigenvalue weighted by Crippen LogP contribution is -2.15. The van der Waals surface area contributed by atoms with Gasteiger partial charge in [0, 0.05) is 30.0 Å². The molecule has 0 fully saturated rings. The Kier molecular flexibility index (Phi) is 4.34. The van der Waals surface area contributed by atoms with Crippen LogP contribution in [-0.2, 0) is 6.54 Å². The third kappa shape index (κ3) is 3.17. The summed E-state index contributed by atoms with van der Waals surface area (Å²) in [4.78, 5) is 4.30. The van der Waals surface area contributed by atoms with Crippen molar-refractivity contribution in [1.82, 2.24) is 14.9 Å². The van der Waals surface area contributed by atoms with Crippen molar-refractivity contribution in [3.05, 3.63) is 40.6 Å². The maximum atomic E-state index is 4.30. The minimum absolute atomic E-state index is 0.470. The van der Waals surface area contributed by atoms with Crippen molar-refractivity contribution >= 4 is 11.3 Å². The Bertz CT molecular complexity index is 433. The summed E-state index contributed by atoms with van der Waals surface area (Å²) in [7, 11) is 2.03. The van der Waals surface area contributed by atoms with E-state index in [0.29, 0.717) is 6.04 Å². The predicted octanol–water partition coefficient (Wildman–Crippen LogP) is 3.05. The van der Waals surface area contributed by atoms with Crippen LogP contribution in [0.4, 0.5) is 0 Å². The van der Waals surface area contributed by atoms with Crippen LogP contribution in [-0.4, -0.2) is 16.6 Å². The number of nitrogens with one attached hydrogen (secondary N) is 1. The molecule has 2 heterocycles. The summed E-state index contributed by atoms with van der Waals surface area (Å²) in [6.07, 6.45) is 8.59. The predicted molar refractivity (Wildman–Crippen MR) is 72.4 cm³/mol. The topological polar surface area (TPSA) is 29.9 Å². The van der Waals surface area contributed by atoms with Gasteiger partial charge >= 0.3 is 0 Å². The molecule has 1 unspecified atom stereocenters. The molecule has 4 heteroatoms. The highest BCUT2D eigenvalue weighted by atomic mass is 32.1. The number of hydrogen-bond acceptors (Lipinski definition) is 3. The number of aromatic nitrogens is 2. The van der Waals surface area contributed by atoms with Crippen molar-refractivity contribution in [2.45, 2.75) is 32.4 Å². The first-order valence-electron chi connectivity index (χ1n) is 6.04. The van der Waals surface area contributed by atoms with Crippen molar-refractivity contribution in [3.63, 3.8) is 0 Å². The number of thiazole rings is 1. The lowest BCUT2D eigenvalue weighted by molar-refractivity contribution is 0.540. The zero-order chi connectivity index (χ0) is 12.1. The van der Waals surface area contributed by atoms with Crippen LogP contribution in [0.25, 0.3) is 0 Å². The van der Waals surface area contributed by atoms with E-state index < -0.39 is 0 Å². The molecule has 0 saturated carbocycles. The molecule has 0 spiro atoms. The molecule has 0 aliphatic carbocycles. The van der Waals surface area contributed by atoms with Crippen LogP contribution in [0.5, 0.6) is 0 Å². The van der Waals surface area contributed by atoms with Gasteiger partial charge in [0.1, 0.15) is 5.01 Å². The summed E-state index contributed by atoms with van der Waals surface area (Å²) in [5.41, 5.74) is 1.37. The van der Waals surface area contributed by atoms with Crippen molar-refractivity contribution in [2.75, 3.05) is 7.05 Å². The van der Waals surface area contributed by atoms with Crippen LogP contribution >= 0.6 is 11.3 Å². The standard InChI is InChI=1S/C13H19N3S/c1-3-4-12(14-2)11-5-7-16(9-11)10-13-15-6-8-17-13/h5-9,12,14H,3-4,10H2,1-2H3. The van der Waals surface area contributed by atoms with Gasteiger partial charge in [-0.15, -0.1) is 11.3 Å². The van der Waals surface area contributed by atoms with Gasteiger partial charge in [0.05, 0.1) is 6.54 Å². The van der Waals surface area contributed by atoms with E-state index in [2.05, 4.69) is 40.3 Å². The van der Waals surface area contributed by atoms with Gasteiger partial charge < -0.3 is 9.88 Å². The molecule has 1 atom stereocenters. The van der Waals surface area contributed by atoms with E-state index in [-0.39, 0.29) is 0 Å². The summed E-state index contributed by atoms with van der Waals surface area (Å²) in [6.45, 7) is 3.09. The first-order valence-corrected chi connectivity index (χ1v) is 6.92. The lowest BCUT2D eigenvalue weighted by Gasteiger charge is -2.13. The molecule has 17 heavy (non-hydrogen) atoms. The molecule has 0 bridgehead atoms. The van der Waals surface area contributed by atoms with Crippen LogP contribution in [0.2, 0.25) is 0 Å². The molecule has 0 aliphatic heterocycles. The van der Waals surface area contributed by atoms with E-state index in [1.807, 2.05) is 18.6 Å². The van der Waals surface area contributed by atoms with E-state index in [9.17, 15) is 0 Å². The minimum Gasteiger partial charge on any atom is -0.347 e. The van der Waals surface area contributed by atoms with Crippen LogP contribution in [0.1, 0.15) is 36.4 Å². The van der Waals surface area contributed by atoms with E-state index in [1.54, 1.807) is 11.3 Å². The second-order valence-electron chi connectivity index (χ2n) is 4.17. The molecule has 0 saturated heterocycles. The highest BCUT2D eigenvalue weighted by Gasteiger charge is 2.09. The molecule has 3 nitrogen and oxygen atoms in total. The Morgan fingerprint density at radius 2 is 2.41 bits per heavy atom. The molecule has 0 aromatic carbocycles. The lowest BCUT2D eigenvalue weighted by atomic mass is 10.1. The quantitative estimate of drug-likeness (QED) is 0.852. The third-order valence-electron chi connectivity index (χ3n) is 2.90. The SMILES string of the molecule is CCCC(NC)c1ccn(Cc2nccs2)c1. The normalized spacial score (nSPS) is 12.8. The molecule has 2 aromatic heterocycles. The Morgan fingerprint density at radius 1 is 1.53 bits per heavy atom. The van der Waals surface area contributed by atoms with E-state index >= 15 is 0 Å². The van der Waals surface area contributed by atoms with Gasteiger partial charge in [-0.25, -0.2) is 4.98 Å². The summed E-state index contributed by atoms with van der Waals surface area (Å²) >= 11 is 1.70. The smallest absolute Gasteiger partial charge is 0.112 e. The highest BCUT2D eigenvalue weighted by Crippen LogP contribution is 2.19. The second kappa shape index (κ2) is 5.98. The van der Waals surface area contributed by atoms with Gasteiger partial charge in [-0.1, -0.05) is 13.3 Å². The molecule has 0 radical (unpaired) electrons. The molecular weight excluding hydrogens is 230 g/mol. The molecule has 92 valence electrons. The van der Waals surface area contributed by atoms with Crippen molar-refractivity contribution < 1.29 is 0 Å². The average molecular weight is 249 g/mol. The summed E-state index contributed by atoms with van der Waals surface area (Å²) in [6, 6.07) is 2.67. The Hall–Kier alpha value is -1.13. The average Bonchev–Trinajstić information content (AvgIpc) is 2.98. The van der Waals surface area contributed by atoms with Crippen molar-refractivity contribution in [2.24, 2.45) is 0 Å². The monoisotopic (exact) mass is 249 g/mol. The van der Waals surface area contributed by atoms with E-state index in [0.717, 1.165) is 11.6 Å². The second-order valence-corrected chi connectivity index (χ2v) is 5.15. The fourth-order valence-electron chi connectivity index (χ4n) is 2.02. The molecule has 2 rings (SSSR count). The van der Waals surface area contributed by atoms with Gasteiger partial charge in [0.2, 0.25) is 0 Å². The molecule has 0 amide bonds. The van der Waals surface area contributed by atoms with Crippen LogP contribution < -0.4 is 5.32 Å². The molecular formula is C13H19N3S. The van der Waals surface area contributed by atoms with Gasteiger partial charge in [-0.3, -0.25) is 0 Å². The molecule has 2 aromatic rings. The number of hydrogen-bond donors (Lipinski definition) is 1. The minimum atomic E-state index is 0.470. The van der Waals surface area contributed by atoms with Crippen LogP contribution in [0.3, 0.4) is 0 Å². The molecule has 0 aliphatic rings. The fraction of sp³-hybridized carbons (Fsp3) is 0.462. The van der Waals surface area contributed by atoms with Gasteiger partial charge in [0.15, 0.2) is 0 Å². The summed E-state index contributed by atoms with van der Waals surface area (Å²) < 4.78 is 2.20. The maximum Gasteiger partial charge on any atom is 0.112 e. The van der Waals surface area contributed by atoms with Crippen molar-refractivity contribution in [3.8, 4) is 0 Å².